The zero-order valence-corrected chi connectivity index (χ0v) is 21.2. The van der Waals surface area contributed by atoms with Gasteiger partial charge in [0.05, 0.1) is 16.2 Å². The van der Waals surface area contributed by atoms with E-state index in [4.69, 9.17) is 4.84 Å². The second-order valence-corrected chi connectivity index (χ2v) is 10.2. The van der Waals surface area contributed by atoms with E-state index in [0.717, 1.165) is 23.0 Å². The number of alkyl halides is 3. The zero-order valence-electron chi connectivity index (χ0n) is 20.4. The van der Waals surface area contributed by atoms with Crippen molar-refractivity contribution >= 4 is 21.5 Å². The Balaban J connectivity index is 2.07. The van der Waals surface area contributed by atoms with Gasteiger partial charge < -0.3 is 10.2 Å². The molecule has 1 N–H and O–H groups in total. The van der Waals surface area contributed by atoms with Crippen LogP contribution in [-0.4, -0.2) is 38.0 Å². The molecule has 1 aromatic heterocycles. The number of benzene rings is 2. The molecule has 3 aromatic rings. The summed E-state index contributed by atoms with van der Waals surface area (Å²) in [5.41, 5.74) is -0.721. The van der Waals surface area contributed by atoms with Gasteiger partial charge in [-0.05, 0) is 55.8 Å². The molecule has 37 heavy (non-hydrogen) atoms. The first-order valence-electron chi connectivity index (χ1n) is 10.8. The smallest absolute Gasteiger partial charge is 0.399 e. The second kappa shape index (κ2) is 10.6. The van der Waals surface area contributed by atoms with Gasteiger partial charge in [0.1, 0.15) is 12.7 Å². The van der Waals surface area contributed by atoms with Crippen molar-refractivity contribution in [1.82, 2.24) is 9.88 Å². The first kappa shape index (κ1) is 27.7. The lowest BCUT2D eigenvalue weighted by atomic mass is 10.0. The van der Waals surface area contributed by atoms with E-state index >= 15 is 0 Å². The number of aromatic nitrogens is 1. The summed E-state index contributed by atoms with van der Waals surface area (Å²) >= 11 is 0. The second-order valence-electron chi connectivity index (χ2n) is 8.20. The molecule has 0 atom stereocenters. The summed E-state index contributed by atoms with van der Waals surface area (Å²) in [6, 6.07) is 11.4. The number of hydrogen-bond donors (Lipinski definition) is 1. The van der Waals surface area contributed by atoms with Gasteiger partial charge >= 0.3 is 6.18 Å². The normalized spacial score (nSPS) is 12.4. The molecule has 2 aromatic carbocycles. The monoisotopic (exact) mass is 535 g/mol. The van der Waals surface area contributed by atoms with Crippen LogP contribution in [0.3, 0.4) is 0 Å². The maximum absolute atomic E-state index is 13.4. The fraction of sp³-hybridized carbons (Fsp3) is 0.240. The van der Waals surface area contributed by atoms with Crippen molar-refractivity contribution in [3.8, 4) is 5.69 Å². The predicted octanol–water partition coefficient (Wildman–Crippen LogP) is 3.87. The Morgan fingerprint density at radius 1 is 1.08 bits per heavy atom. The van der Waals surface area contributed by atoms with E-state index in [1.807, 2.05) is 0 Å². The highest BCUT2D eigenvalue weighted by molar-refractivity contribution is 7.90. The van der Waals surface area contributed by atoms with Crippen LogP contribution in [0.15, 0.2) is 69.4 Å². The molecular weight excluding hydrogens is 511 g/mol. The van der Waals surface area contributed by atoms with Crippen LogP contribution in [0.5, 0.6) is 0 Å². The maximum atomic E-state index is 13.4. The molecule has 0 spiro atoms. The average molecular weight is 536 g/mol. The molecule has 0 fully saturated rings. The van der Waals surface area contributed by atoms with Crippen molar-refractivity contribution in [2.24, 2.45) is 5.16 Å². The van der Waals surface area contributed by atoms with E-state index in [1.165, 1.54) is 56.5 Å². The van der Waals surface area contributed by atoms with E-state index in [9.17, 15) is 31.2 Å². The summed E-state index contributed by atoms with van der Waals surface area (Å²) in [6.45, 7) is 3.06. The molecule has 0 saturated carbocycles. The highest BCUT2D eigenvalue weighted by Gasteiger charge is 2.31. The van der Waals surface area contributed by atoms with E-state index in [-0.39, 0.29) is 28.4 Å². The fourth-order valence-electron chi connectivity index (χ4n) is 3.68. The number of sulfone groups is 1. The Morgan fingerprint density at radius 3 is 2.30 bits per heavy atom. The number of nitrogens with zero attached hydrogens (tertiary/aromatic N) is 2. The molecule has 196 valence electrons. The van der Waals surface area contributed by atoms with Crippen LogP contribution in [0.25, 0.3) is 5.69 Å². The summed E-state index contributed by atoms with van der Waals surface area (Å²) < 4.78 is 64.3. The number of pyridine rings is 1. The van der Waals surface area contributed by atoms with Gasteiger partial charge in [-0.3, -0.25) is 14.2 Å². The zero-order chi connectivity index (χ0) is 27.5. The molecule has 12 heteroatoms. The molecule has 0 aliphatic carbocycles. The van der Waals surface area contributed by atoms with E-state index < -0.39 is 33.0 Å². The van der Waals surface area contributed by atoms with E-state index in [2.05, 4.69) is 10.5 Å². The SMILES string of the molecule is CO/N=C(\C)c1cc(C(=O)NCc2ccc(S(C)(=O)=O)cc2)c(=O)n(-c2cccc(C(F)(F)F)c2)c1C. The van der Waals surface area contributed by atoms with Gasteiger partial charge in [0.25, 0.3) is 11.5 Å². The van der Waals surface area contributed by atoms with E-state index in [1.54, 1.807) is 6.92 Å². The third kappa shape index (κ3) is 6.26. The molecule has 0 unspecified atom stereocenters. The molecule has 8 nitrogen and oxygen atoms in total. The lowest BCUT2D eigenvalue weighted by molar-refractivity contribution is -0.137. The van der Waals surface area contributed by atoms with Crippen molar-refractivity contribution in [1.29, 1.82) is 0 Å². The molecule has 0 radical (unpaired) electrons. The lowest BCUT2D eigenvalue weighted by Crippen LogP contribution is -2.34. The number of amides is 1. The van der Waals surface area contributed by atoms with Gasteiger partial charge in [0.2, 0.25) is 0 Å². The van der Waals surface area contributed by atoms with Gasteiger partial charge in [0, 0.05) is 29.7 Å². The Morgan fingerprint density at radius 2 is 1.73 bits per heavy atom. The van der Waals surface area contributed by atoms with Crippen LogP contribution in [-0.2, 0) is 27.4 Å². The largest absolute Gasteiger partial charge is 0.416 e. The standard InChI is InChI=1S/C25H24F3N3O5S/c1-15(30-36-3)21-13-22(23(32)29-14-17-8-10-20(11-9-17)37(4,34)35)24(33)31(16(21)2)19-7-5-6-18(12-19)25(26,27)28/h5-13H,14H2,1-4H3,(H,29,32)/b30-15+. The number of halogens is 3. The summed E-state index contributed by atoms with van der Waals surface area (Å²) in [4.78, 5) is 31.3. The number of hydrogen-bond acceptors (Lipinski definition) is 6. The third-order valence-corrected chi connectivity index (χ3v) is 6.67. The minimum absolute atomic E-state index is 0.0276. The quantitative estimate of drug-likeness (QED) is 0.365. The first-order valence-corrected chi connectivity index (χ1v) is 12.7. The van der Waals surface area contributed by atoms with Gasteiger partial charge in [-0.2, -0.15) is 13.2 Å². The molecule has 1 heterocycles. The van der Waals surface area contributed by atoms with Crippen molar-refractivity contribution in [2.75, 3.05) is 13.4 Å². The molecule has 0 saturated heterocycles. The summed E-state index contributed by atoms with van der Waals surface area (Å²) in [5, 5.41) is 6.43. The first-order chi connectivity index (χ1) is 17.2. The molecule has 0 aliphatic heterocycles. The highest BCUT2D eigenvalue weighted by atomic mass is 32.2. The average Bonchev–Trinajstić information content (AvgIpc) is 2.82. The molecule has 0 aliphatic rings. The topological polar surface area (TPSA) is 107 Å². The summed E-state index contributed by atoms with van der Waals surface area (Å²) in [5.74, 6) is -0.774. The number of rotatable bonds is 7. The summed E-state index contributed by atoms with van der Waals surface area (Å²) in [6.07, 6.45) is -3.56. The van der Waals surface area contributed by atoms with Gasteiger partial charge in [-0.1, -0.05) is 23.4 Å². The number of carbonyl (C=O) groups excluding carboxylic acids is 1. The number of carbonyl (C=O) groups is 1. The maximum Gasteiger partial charge on any atom is 0.416 e. The predicted molar refractivity (Wildman–Crippen MR) is 132 cm³/mol. The van der Waals surface area contributed by atoms with Crippen LogP contribution >= 0.6 is 0 Å². The van der Waals surface area contributed by atoms with Crippen LogP contribution in [0.4, 0.5) is 13.2 Å². The van der Waals surface area contributed by atoms with Gasteiger partial charge in [-0.15, -0.1) is 0 Å². The number of oxime groups is 1. The molecule has 0 bridgehead atoms. The van der Waals surface area contributed by atoms with Crippen molar-refractivity contribution < 1.29 is 31.2 Å². The van der Waals surface area contributed by atoms with Crippen molar-refractivity contribution in [2.45, 2.75) is 31.5 Å². The Kier molecular flexibility index (Phi) is 7.91. The highest BCUT2D eigenvalue weighted by Crippen LogP contribution is 2.30. The molecular formula is C25H24F3N3O5S. The van der Waals surface area contributed by atoms with E-state index in [0.29, 0.717) is 16.8 Å². The Hall–Kier alpha value is -3.93. The number of nitrogens with one attached hydrogen (secondary N) is 1. The minimum Gasteiger partial charge on any atom is -0.399 e. The van der Waals surface area contributed by atoms with Gasteiger partial charge in [-0.25, -0.2) is 8.42 Å². The molecule has 1 amide bonds. The van der Waals surface area contributed by atoms with Crippen LogP contribution < -0.4 is 10.9 Å². The minimum atomic E-state index is -4.63. The molecule has 3 rings (SSSR count). The van der Waals surface area contributed by atoms with Crippen molar-refractivity contribution in [3.05, 3.63) is 92.9 Å². The van der Waals surface area contributed by atoms with Crippen LogP contribution in [0, 0.1) is 6.92 Å². The van der Waals surface area contributed by atoms with Crippen LogP contribution in [0.1, 0.15) is 39.7 Å². The fourth-order valence-corrected chi connectivity index (χ4v) is 4.31. The summed E-state index contributed by atoms with van der Waals surface area (Å²) in [7, 11) is -2.08. The van der Waals surface area contributed by atoms with Crippen molar-refractivity contribution in [3.63, 3.8) is 0 Å². The van der Waals surface area contributed by atoms with Crippen LogP contribution in [0.2, 0.25) is 0 Å². The third-order valence-electron chi connectivity index (χ3n) is 5.55. The lowest BCUT2D eigenvalue weighted by Gasteiger charge is -2.17. The Labute approximate surface area is 211 Å². The Bertz CT molecular complexity index is 1530. The van der Waals surface area contributed by atoms with Gasteiger partial charge in [0.15, 0.2) is 9.84 Å².